The van der Waals surface area contributed by atoms with Gasteiger partial charge in [-0.25, -0.2) is 4.98 Å². The Kier molecular flexibility index (Phi) is 3.27. The summed E-state index contributed by atoms with van der Waals surface area (Å²) in [5.74, 6) is 2.19. The first-order valence-corrected chi connectivity index (χ1v) is 7.58. The second-order valence-corrected chi connectivity index (χ2v) is 5.69. The average molecular weight is 294 g/mol. The molecule has 22 heavy (non-hydrogen) atoms. The molecule has 4 rings (SSSR count). The summed E-state index contributed by atoms with van der Waals surface area (Å²) in [5, 5.41) is 7.31. The highest BCUT2D eigenvalue weighted by atomic mass is 16.3. The predicted octanol–water partition coefficient (Wildman–Crippen LogP) is 3.18. The summed E-state index contributed by atoms with van der Waals surface area (Å²) in [4.78, 5) is 7.01. The van der Waals surface area contributed by atoms with Crippen molar-refractivity contribution in [3.63, 3.8) is 0 Å². The maximum absolute atomic E-state index is 5.35. The van der Waals surface area contributed by atoms with Gasteiger partial charge in [-0.05, 0) is 36.6 Å². The minimum absolute atomic E-state index is 0.199. The lowest BCUT2D eigenvalue weighted by molar-refractivity contribution is 0.185. The number of rotatable bonds is 3. The zero-order valence-corrected chi connectivity index (χ0v) is 12.5. The van der Waals surface area contributed by atoms with E-state index in [2.05, 4.69) is 51.3 Å². The Morgan fingerprint density at radius 3 is 2.86 bits per heavy atom. The van der Waals surface area contributed by atoms with Gasteiger partial charge in [0.15, 0.2) is 5.76 Å². The summed E-state index contributed by atoms with van der Waals surface area (Å²) in [6, 6.07) is 12.6. The number of aromatic nitrogens is 3. The maximum atomic E-state index is 5.35. The van der Waals surface area contributed by atoms with Crippen molar-refractivity contribution in [3.8, 4) is 11.6 Å². The van der Waals surface area contributed by atoms with Crippen molar-refractivity contribution in [2.24, 2.45) is 0 Å². The lowest BCUT2D eigenvalue weighted by Gasteiger charge is -2.32. The predicted molar refractivity (Wildman–Crippen MR) is 83.1 cm³/mol. The number of furan rings is 1. The molecule has 0 amide bonds. The first-order valence-electron chi connectivity index (χ1n) is 7.58. The summed E-state index contributed by atoms with van der Waals surface area (Å²) in [7, 11) is 0. The molecule has 5 heteroatoms. The van der Waals surface area contributed by atoms with E-state index in [0.717, 1.165) is 25.3 Å². The standard InChI is InChI=1S/C17H18N4O/c1-12(16-18-17(20-19-16)15-7-4-10-22-15)21-9-8-13-5-2-3-6-14(13)11-21/h2-7,10,12H,8-9,11H2,1H3,(H,18,19,20). The van der Waals surface area contributed by atoms with Crippen LogP contribution in [0.15, 0.2) is 47.1 Å². The third kappa shape index (κ3) is 2.33. The quantitative estimate of drug-likeness (QED) is 0.806. The molecule has 112 valence electrons. The molecule has 1 aliphatic heterocycles. The molecule has 1 aromatic carbocycles. The van der Waals surface area contributed by atoms with Crippen molar-refractivity contribution >= 4 is 0 Å². The second-order valence-electron chi connectivity index (χ2n) is 5.69. The molecule has 0 saturated heterocycles. The fourth-order valence-corrected chi connectivity index (χ4v) is 3.00. The number of nitrogens with one attached hydrogen (secondary N) is 1. The third-order valence-electron chi connectivity index (χ3n) is 4.35. The van der Waals surface area contributed by atoms with Gasteiger partial charge in [0.25, 0.3) is 0 Å². The maximum Gasteiger partial charge on any atom is 0.216 e. The molecule has 0 spiro atoms. The first-order chi connectivity index (χ1) is 10.8. The van der Waals surface area contributed by atoms with Crippen molar-refractivity contribution in [2.75, 3.05) is 6.54 Å². The summed E-state index contributed by atoms with van der Waals surface area (Å²) in [6.07, 6.45) is 2.72. The molecule has 1 aliphatic rings. The van der Waals surface area contributed by atoms with Crippen LogP contribution in [-0.4, -0.2) is 26.6 Å². The van der Waals surface area contributed by atoms with Crippen molar-refractivity contribution in [1.82, 2.24) is 20.1 Å². The zero-order valence-electron chi connectivity index (χ0n) is 12.5. The third-order valence-corrected chi connectivity index (χ3v) is 4.35. The van der Waals surface area contributed by atoms with Crippen LogP contribution in [0.25, 0.3) is 11.6 Å². The van der Waals surface area contributed by atoms with Crippen molar-refractivity contribution < 1.29 is 4.42 Å². The highest BCUT2D eigenvalue weighted by Gasteiger charge is 2.24. The molecule has 0 radical (unpaired) electrons. The fraction of sp³-hybridized carbons (Fsp3) is 0.294. The smallest absolute Gasteiger partial charge is 0.216 e. The van der Waals surface area contributed by atoms with E-state index < -0.39 is 0 Å². The van der Waals surface area contributed by atoms with E-state index in [9.17, 15) is 0 Å². The van der Waals surface area contributed by atoms with E-state index >= 15 is 0 Å². The molecule has 3 aromatic rings. The van der Waals surface area contributed by atoms with Gasteiger partial charge in [0.2, 0.25) is 5.82 Å². The summed E-state index contributed by atoms with van der Waals surface area (Å²) in [6.45, 7) is 4.16. The van der Waals surface area contributed by atoms with E-state index in [-0.39, 0.29) is 6.04 Å². The van der Waals surface area contributed by atoms with Gasteiger partial charge in [-0.3, -0.25) is 10.00 Å². The Morgan fingerprint density at radius 1 is 1.18 bits per heavy atom. The zero-order chi connectivity index (χ0) is 14.9. The van der Waals surface area contributed by atoms with Gasteiger partial charge >= 0.3 is 0 Å². The molecule has 0 aliphatic carbocycles. The number of hydrogen-bond donors (Lipinski definition) is 1. The average Bonchev–Trinajstić information content (AvgIpc) is 3.24. The van der Waals surface area contributed by atoms with Crippen LogP contribution >= 0.6 is 0 Å². The Hall–Kier alpha value is -2.40. The number of H-pyrrole nitrogens is 1. The molecular formula is C17H18N4O. The highest BCUT2D eigenvalue weighted by Crippen LogP contribution is 2.26. The van der Waals surface area contributed by atoms with Crippen LogP contribution in [0.4, 0.5) is 0 Å². The number of hydrogen-bond acceptors (Lipinski definition) is 4. The molecule has 1 unspecified atom stereocenters. The van der Waals surface area contributed by atoms with E-state index in [1.165, 1.54) is 11.1 Å². The molecule has 1 atom stereocenters. The minimum Gasteiger partial charge on any atom is -0.461 e. The van der Waals surface area contributed by atoms with Crippen LogP contribution in [0, 0.1) is 0 Å². The van der Waals surface area contributed by atoms with Crippen LogP contribution in [0.2, 0.25) is 0 Å². The highest BCUT2D eigenvalue weighted by molar-refractivity contribution is 5.45. The van der Waals surface area contributed by atoms with E-state index in [1.54, 1.807) is 6.26 Å². The Labute approximate surface area is 129 Å². The SMILES string of the molecule is CC(c1nc(-c2ccco2)n[nH]1)N1CCc2ccccc2C1. The Morgan fingerprint density at radius 2 is 2.05 bits per heavy atom. The molecular weight excluding hydrogens is 276 g/mol. The van der Waals surface area contributed by atoms with E-state index in [1.807, 2.05) is 12.1 Å². The number of benzene rings is 1. The van der Waals surface area contributed by atoms with Crippen LogP contribution in [0.1, 0.15) is 29.9 Å². The van der Waals surface area contributed by atoms with E-state index in [0.29, 0.717) is 11.6 Å². The fourth-order valence-electron chi connectivity index (χ4n) is 3.00. The number of nitrogens with zero attached hydrogens (tertiary/aromatic N) is 3. The minimum atomic E-state index is 0.199. The van der Waals surface area contributed by atoms with Gasteiger partial charge in [-0.1, -0.05) is 24.3 Å². The van der Waals surface area contributed by atoms with Crippen molar-refractivity contribution in [1.29, 1.82) is 0 Å². The van der Waals surface area contributed by atoms with Crippen LogP contribution in [0.3, 0.4) is 0 Å². The van der Waals surface area contributed by atoms with E-state index in [4.69, 9.17) is 4.42 Å². The second kappa shape index (κ2) is 5.42. The molecule has 3 heterocycles. The molecule has 0 bridgehead atoms. The lowest BCUT2D eigenvalue weighted by atomic mass is 9.99. The molecule has 0 saturated carbocycles. The normalized spacial score (nSPS) is 16.4. The van der Waals surface area contributed by atoms with Crippen LogP contribution in [0.5, 0.6) is 0 Å². The first kappa shape index (κ1) is 13.3. The van der Waals surface area contributed by atoms with Crippen molar-refractivity contribution in [2.45, 2.75) is 25.9 Å². The number of aromatic amines is 1. The van der Waals surface area contributed by atoms with Gasteiger partial charge in [0.1, 0.15) is 5.82 Å². The monoisotopic (exact) mass is 294 g/mol. The van der Waals surface area contributed by atoms with Gasteiger partial charge in [0.05, 0.1) is 12.3 Å². The Bertz CT molecular complexity index is 763. The van der Waals surface area contributed by atoms with Crippen LogP contribution in [-0.2, 0) is 13.0 Å². The molecule has 5 nitrogen and oxygen atoms in total. The molecule has 0 fully saturated rings. The Balaban J connectivity index is 1.54. The summed E-state index contributed by atoms with van der Waals surface area (Å²) in [5.41, 5.74) is 2.87. The summed E-state index contributed by atoms with van der Waals surface area (Å²) < 4.78 is 5.35. The van der Waals surface area contributed by atoms with Gasteiger partial charge in [-0.2, -0.15) is 0 Å². The number of fused-ring (bicyclic) bond motifs is 1. The lowest BCUT2D eigenvalue weighted by Crippen LogP contribution is -2.33. The molecule has 1 N–H and O–H groups in total. The molecule has 2 aromatic heterocycles. The van der Waals surface area contributed by atoms with Crippen LogP contribution < -0.4 is 0 Å². The topological polar surface area (TPSA) is 58.0 Å². The van der Waals surface area contributed by atoms with Gasteiger partial charge < -0.3 is 4.42 Å². The van der Waals surface area contributed by atoms with Gasteiger partial charge in [0, 0.05) is 13.1 Å². The summed E-state index contributed by atoms with van der Waals surface area (Å²) >= 11 is 0. The largest absolute Gasteiger partial charge is 0.461 e. The van der Waals surface area contributed by atoms with Crippen molar-refractivity contribution in [3.05, 3.63) is 59.6 Å². The van der Waals surface area contributed by atoms with Gasteiger partial charge in [-0.15, -0.1) is 5.10 Å².